The maximum atomic E-state index is 12.0. The van der Waals surface area contributed by atoms with Crippen LogP contribution in [0, 0.1) is 0 Å². The van der Waals surface area contributed by atoms with Crippen molar-refractivity contribution in [3.63, 3.8) is 0 Å². The number of carbonyl (C=O) groups is 1. The van der Waals surface area contributed by atoms with Crippen LogP contribution < -0.4 is 4.74 Å². The number of aromatic carboxylic acids is 1. The van der Waals surface area contributed by atoms with E-state index in [-0.39, 0.29) is 16.9 Å². The van der Waals surface area contributed by atoms with Gasteiger partial charge in [0.15, 0.2) is 5.76 Å². The summed E-state index contributed by atoms with van der Waals surface area (Å²) in [5.74, 6) is -1.69. The van der Waals surface area contributed by atoms with Crippen molar-refractivity contribution < 1.29 is 32.3 Å². The van der Waals surface area contributed by atoms with E-state index >= 15 is 0 Å². The topological polar surface area (TPSA) is 72.6 Å². The number of hydrogen-bond donors (Lipinski definition) is 1. The molecule has 0 unspecified atom stereocenters. The van der Waals surface area contributed by atoms with E-state index in [1.165, 1.54) is 12.1 Å². The molecular formula is C11H6F3NO4. The number of hydrogen-bond acceptors (Lipinski definition) is 4. The maximum absolute atomic E-state index is 12.0. The highest BCUT2D eigenvalue weighted by Crippen LogP contribution is 2.28. The van der Waals surface area contributed by atoms with Gasteiger partial charge in [-0.15, -0.1) is 13.2 Å². The summed E-state index contributed by atoms with van der Waals surface area (Å²) in [5.41, 5.74) is 0.105. The molecule has 0 aliphatic carbocycles. The first-order chi connectivity index (χ1) is 8.87. The first-order valence-corrected chi connectivity index (χ1v) is 4.91. The lowest BCUT2D eigenvalue weighted by Gasteiger charge is -2.08. The van der Waals surface area contributed by atoms with Gasteiger partial charge in [-0.05, 0) is 24.3 Å². The second-order valence-electron chi connectivity index (χ2n) is 3.45. The molecule has 0 aliphatic heterocycles. The average Bonchev–Trinajstić information content (AvgIpc) is 2.76. The van der Waals surface area contributed by atoms with Crippen LogP contribution in [-0.4, -0.2) is 22.6 Å². The molecule has 0 aliphatic rings. The molecule has 1 heterocycles. The van der Waals surface area contributed by atoms with Crippen LogP contribution in [0.15, 0.2) is 35.0 Å². The van der Waals surface area contributed by atoms with Crippen molar-refractivity contribution in [2.45, 2.75) is 6.36 Å². The van der Waals surface area contributed by atoms with Crippen LogP contribution >= 0.6 is 0 Å². The molecule has 5 nitrogen and oxygen atoms in total. The average molecular weight is 273 g/mol. The predicted molar refractivity (Wildman–Crippen MR) is 55.6 cm³/mol. The van der Waals surface area contributed by atoms with Gasteiger partial charge in [0.2, 0.25) is 0 Å². The van der Waals surface area contributed by atoms with Crippen LogP contribution in [0.3, 0.4) is 0 Å². The van der Waals surface area contributed by atoms with Crippen molar-refractivity contribution in [1.29, 1.82) is 0 Å². The Hall–Kier alpha value is -2.51. The highest BCUT2D eigenvalue weighted by Gasteiger charge is 2.31. The number of carboxylic acid groups (broad SMARTS) is 1. The zero-order chi connectivity index (χ0) is 14.0. The number of benzene rings is 1. The van der Waals surface area contributed by atoms with Crippen molar-refractivity contribution >= 4 is 5.97 Å². The third-order valence-corrected chi connectivity index (χ3v) is 2.15. The molecule has 100 valence electrons. The summed E-state index contributed by atoms with van der Waals surface area (Å²) in [4.78, 5) is 10.8. The molecule has 1 N–H and O–H groups in total. The van der Waals surface area contributed by atoms with E-state index in [2.05, 4.69) is 9.89 Å². The van der Waals surface area contributed by atoms with Crippen LogP contribution in [0.25, 0.3) is 11.3 Å². The van der Waals surface area contributed by atoms with Gasteiger partial charge in [-0.2, -0.15) is 0 Å². The molecule has 0 bridgehead atoms. The molecule has 8 heteroatoms. The van der Waals surface area contributed by atoms with Crippen molar-refractivity contribution in [3.05, 3.63) is 36.0 Å². The summed E-state index contributed by atoms with van der Waals surface area (Å²) in [7, 11) is 0. The Morgan fingerprint density at radius 1 is 1.26 bits per heavy atom. The third kappa shape index (κ3) is 3.03. The SMILES string of the molecule is O=C(O)c1cnoc1-c1ccc(OC(F)(F)F)cc1. The molecule has 1 aromatic carbocycles. The van der Waals surface area contributed by atoms with Gasteiger partial charge in [0, 0.05) is 5.56 Å². The van der Waals surface area contributed by atoms with E-state index in [0.29, 0.717) is 0 Å². The molecule has 1 aromatic heterocycles. The van der Waals surface area contributed by atoms with E-state index in [0.717, 1.165) is 18.3 Å². The number of aromatic nitrogens is 1. The summed E-state index contributed by atoms with van der Waals surface area (Å²) in [6, 6.07) is 4.59. The van der Waals surface area contributed by atoms with Gasteiger partial charge < -0.3 is 14.4 Å². The van der Waals surface area contributed by atoms with Gasteiger partial charge in [-0.1, -0.05) is 5.16 Å². The summed E-state index contributed by atoms with van der Waals surface area (Å²) < 4.78 is 44.3. The van der Waals surface area contributed by atoms with Gasteiger partial charge in [-0.3, -0.25) is 0 Å². The molecular weight excluding hydrogens is 267 g/mol. The highest BCUT2D eigenvalue weighted by atomic mass is 19.4. The van der Waals surface area contributed by atoms with Gasteiger partial charge in [-0.25, -0.2) is 4.79 Å². The predicted octanol–water partition coefficient (Wildman–Crippen LogP) is 2.94. The Balaban J connectivity index is 2.28. The molecule has 0 atom stereocenters. The second-order valence-corrected chi connectivity index (χ2v) is 3.45. The number of halogens is 3. The molecule has 0 saturated carbocycles. The minimum Gasteiger partial charge on any atom is -0.477 e. The number of alkyl halides is 3. The van der Waals surface area contributed by atoms with Gasteiger partial charge >= 0.3 is 12.3 Å². The van der Waals surface area contributed by atoms with Crippen LogP contribution in [-0.2, 0) is 0 Å². The lowest BCUT2D eigenvalue weighted by molar-refractivity contribution is -0.274. The van der Waals surface area contributed by atoms with Gasteiger partial charge in [0.1, 0.15) is 11.3 Å². The quantitative estimate of drug-likeness (QED) is 0.930. The summed E-state index contributed by atoms with van der Waals surface area (Å²) >= 11 is 0. The fraction of sp³-hybridized carbons (Fsp3) is 0.0909. The third-order valence-electron chi connectivity index (χ3n) is 2.15. The molecule has 0 radical (unpaired) electrons. The Morgan fingerprint density at radius 3 is 2.42 bits per heavy atom. The highest BCUT2D eigenvalue weighted by molar-refractivity contribution is 5.93. The van der Waals surface area contributed by atoms with Crippen LogP contribution in [0.2, 0.25) is 0 Å². The first-order valence-electron chi connectivity index (χ1n) is 4.91. The van der Waals surface area contributed by atoms with Crippen molar-refractivity contribution in [1.82, 2.24) is 5.16 Å². The molecule has 2 aromatic rings. The van der Waals surface area contributed by atoms with E-state index in [1.54, 1.807) is 0 Å². The van der Waals surface area contributed by atoms with Crippen molar-refractivity contribution in [2.24, 2.45) is 0 Å². The second kappa shape index (κ2) is 4.63. The Kier molecular flexibility index (Phi) is 3.16. The normalized spacial score (nSPS) is 11.3. The molecule has 19 heavy (non-hydrogen) atoms. The number of ether oxygens (including phenoxy) is 1. The molecule has 0 saturated heterocycles. The minimum atomic E-state index is -4.78. The van der Waals surface area contributed by atoms with E-state index in [9.17, 15) is 18.0 Å². The Labute approximate surface area is 104 Å². The lowest BCUT2D eigenvalue weighted by atomic mass is 10.1. The smallest absolute Gasteiger partial charge is 0.477 e. The first kappa shape index (κ1) is 12.9. The standard InChI is InChI=1S/C11H6F3NO4/c12-11(13,14)18-7-3-1-6(2-4-7)9-8(10(16)17)5-15-19-9/h1-5H,(H,16,17). The molecule has 0 spiro atoms. The Morgan fingerprint density at radius 2 is 1.89 bits per heavy atom. The largest absolute Gasteiger partial charge is 0.573 e. The number of nitrogens with zero attached hydrogens (tertiary/aromatic N) is 1. The molecule has 0 amide bonds. The zero-order valence-corrected chi connectivity index (χ0v) is 9.14. The van der Waals surface area contributed by atoms with Crippen molar-refractivity contribution in [2.75, 3.05) is 0 Å². The van der Waals surface area contributed by atoms with E-state index < -0.39 is 18.1 Å². The molecule has 2 rings (SSSR count). The zero-order valence-electron chi connectivity index (χ0n) is 9.14. The van der Waals surface area contributed by atoms with Gasteiger partial charge in [0.25, 0.3) is 0 Å². The number of rotatable bonds is 3. The van der Waals surface area contributed by atoms with Crippen LogP contribution in [0.4, 0.5) is 13.2 Å². The van der Waals surface area contributed by atoms with Crippen molar-refractivity contribution in [3.8, 4) is 17.1 Å². The minimum absolute atomic E-state index is 0.0361. The molecule has 0 fully saturated rings. The summed E-state index contributed by atoms with van der Waals surface area (Å²) in [5, 5.41) is 12.2. The van der Waals surface area contributed by atoms with Crippen LogP contribution in [0.1, 0.15) is 10.4 Å². The lowest BCUT2D eigenvalue weighted by Crippen LogP contribution is -2.16. The fourth-order valence-electron chi connectivity index (χ4n) is 1.41. The number of carboxylic acids is 1. The summed E-state index contributed by atoms with van der Waals surface area (Å²) in [6.45, 7) is 0. The van der Waals surface area contributed by atoms with E-state index in [1.807, 2.05) is 0 Å². The van der Waals surface area contributed by atoms with Gasteiger partial charge in [0.05, 0.1) is 6.20 Å². The van der Waals surface area contributed by atoms with E-state index in [4.69, 9.17) is 9.63 Å². The maximum Gasteiger partial charge on any atom is 0.573 e. The fourth-order valence-corrected chi connectivity index (χ4v) is 1.41. The Bertz CT molecular complexity index is 589. The van der Waals surface area contributed by atoms with Crippen LogP contribution in [0.5, 0.6) is 5.75 Å². The monoisotopic (exact) mass is 273 g/mol. The summed E-state index contributed by atoms with van der Waals surface area (Å²) in [6.07, 6.45) is -3.77.